The molecule has 37 heavy (non-hydrogen) atoms. The molecule has 8 nitrogen and oxygen atoms in total. The van der Waals surface area contributed by atoms with E-state index in [1.807, 2.05) is 86.6 Å². The van der Waals surface area contributed by atoms with Crippen molar-refractivity contribution in [3.05, 3.63) is 101 Å². The molecular weight excluding hydrogens is 470 g/mol. The lowest BCUT2D eigenvalue weighted by Crippen LogP contribution is -2.45. The van der Waals surface area contributed by atoms with Gasteiger partial charge in [-0.15, -0.1) is 0 Å². The van der Waals surface area contributed by atoms with Crippen LogP contribution in [0, 0.1) is 19.8 Å². The van der Waals surface area contributed by atoms with E-state index >= 15 is 0 Å². The molecule has 3 amide bonds. The first kappa shape index (κ1) is 25.6. The van der Waals surface area contributed by atoms with E-state index in [1.165, 1.54) is 0 Å². The lowest BCUT2D eigenvalue weighted by atomic mass is 9.91. The number of nitrogens with one attached hydrogen (secondary N) is 2. The van der Waals surface area contributed by atoms with Gasteiger partial charge in [0.2, 0.25) is 5.91 Å². The highest BCUT2D eigenvalue weighted by atomic mass is 16.5. The van der Waals surface area contributed by atoms with Crippen LogP contribution in [0.1, 0.15) is 34.6 Å². The fraction of sp³-hybridized carbons (Fsp3) is 0.241. The minimum Gasteiger partial charge on any atom is -0.455 e. The van der Waals surface area contributed by atoms with Crippen LogP contribution < -0.4 is 10.7 Å². The highest BCUT2D eigenvalue weighted by Gasteiger charge is 2.37. The molecule has 190 valence electrons. The summed E-state index contributed by atoms with van der Waals surface area (Å²) in [6.07, 6.45) is -0.112. The quantitative estimate of drug-likeness (QED) is 0.462. The standard InChI is InChI=1S/C29H29N3O5/c1-19-13-14-24(15-20(19)2)30-25(33)18-37-29(36)23-16-26(34)32(17-23)31-28(35)27(21-9-5-3-6-10-21)22-11-7-4-8-12-22/h3-15,23,27H,16-18H2,1-2H3,(H,30,33)(H,31,35)/t23-/m0/s1. The monoisotopic (exact) mass is 499 g/mol. The summed E-state index contributed by atoms with van der Waals surface area (Å²) >= 11 is 0. The summed E-state index contributed by atoms with van der Waals surface area (Å²) in [6.45, 7) is 3.42. The van der Waals surface area contributed by atoms with E-state index in [0.29, 0.717) is 5.69 Å². The first-order chi connectivity index (χ1) is 17.8. The molecule has 8 heteroatoms. The summed E-state index contributed by atoms with van der Waals surface area (Å²) < 4.78 is 5.16. The molecule has 1 aliphatic heterocycles. The van der Waals surface area contributed by atoms with Gasteiger partial charge < -0.3 is 10.1 Å². The minimum atomic E-state index is -0.783. The van der Waals surface area contributed by atoms with Crippen molar-refractivity contribution in [1.29, 1.82) is 0 Å². The van der Waals surface area contributed by atoms with Crippen LogP contribution in [-0.2, 0) is 23.9 Å². The van der Waals surface area contributed by atoms with Crippen molar-refractivity contribution in [3.8, 4) is 0 Å². The molecule has 1 aliphatic rings. The number of amides is 3. The molecule has 0 bridgehead atoms. The normalized spacial score (nSPS) is 14.9. The Balaban J connectivity index is 1.34. The Hall–Kier alpha value is -4.46. The van der Waals surface area contributed by atoms with E-state index in [2.05, 4.69) is 10.7 Å². The number of ether oxygens (including phenoxy) is 1. The average Bonchev–Trinajstić information content (AvgIpc) is 3.26. The largest absolute Gasteiger partial charge is 0.455 e. The molecule has 0 aliphatic carbocycles. The van der Waals surface area contributed by atoms with Crippen molar-refractivity contribution in [3.63, 3.8) is 0 Å². The van der Waals surface area contributed by atoms with Gasteiger partial charge in [0.05, 0.1) is 18.4 Å². The van der Waals surface area contributed by atoms with Crippen molar-refractivity contribution in [2.75, 3.05) is 18.5 Å². The summed E-state index contributed by atoms with van der Waals surface area (Å²) in [7, 11) is 0. The minimum absolute atomic E-state index is 0.0293. The summed E-state index contributed by atoms with van der Waals surface area (Å²) in [4.78, 5) is 50.6. The van der Waals surface area contributed by atoms with Crippen molar-refractivity contribution >= 4 is 29.4 Å². The molecule has 3 aromatic rings. The maximum atomic E-state index is 13.3. The van der Waals surface area contributed by atoms with Crippen LogP contribution in [0.5, 0.6) is 0 Å². The molecular formula is C29H29N3O5. The maximum Gasteiger partial charge on any atom is 0.311 e. The predicted octanol–water partition coefficient (Wildman–Crippen LogP) is 3.50. The lowest BCUT2D eigenvalue weighted by Gasteiger charge is -2.23. The molecule has 0 unspecified atom stereocenters. The van der Waals surface area contributed by atoms with Gasteiger partial charge in [0.15, 0.2) is 6.61 Å². The van der Waals surface area contributed by atoms with Gasteiger partial charge in [-0.2, -0.15) is 0 Å². The molecule has 0 saturated carbocycles. The van der Waals surface area contributed by atoms with Crippen LogP contribution in [0.3, 0.4) is 0 Å². The number of rotatable bonds is 8. The number of hydrogen-bond donors (Lipinski definition) is 2. The van der Waals surface area contributed by atoms with E-state index in [0.717, 1.165) is 27.3 Å². The number of nitrogens with zero attached hydrogens (tertiary/aromatic N) is 1. The Morgan fingerprint density at radius 2 is 1.54 bits per heavy atom. The van der Waals surface area contributed by atoms with Crippen molar-refractivity contribution < 1.29 is 23.9 Å². The Kier molecular flexibility index (Phi) is 7.98. The predicted molar refractivity (Wildman–Crippen MR) is 138 cm³/mol. The lowest BCUT2D eigenvalue weighted by molar-refractivity contribution is -0.151. The van der Waals surface area contributed by atoms with E-state index in [4.69, 9.17) is 4.74 Å². The first-order valence-corrected chi connectivity index (χ1v) is 12.1. The third kappa shape index (κ3) is 6.41. The molecule has 1 atom stereocenters. The van der Waals surface area contributed by atoms with Crippen LogP contribution in [0.25, 0.3) is 0 Å². The molecule has 0 aromatic heterocycles. The summed E-state index contributed by atoms with van der Waals surface area (Å²) in [6, 6.07) is 24.0. The van der Waals surface area contributed by atoms with E-state index in [-0.39, 0.29) is 18.9 Å². The van der Waals surface area contributed by atoms with Gasteiger partial charge in [-0.3, -0.25) is 29.6 Å². The van der Waals surface area contributed by atoms with Gasteiger partial charge in [0.1, 0.15) is 0 Å². The molecule has 2 N–H and O–H groups in total. The fourth-order valence-corrected chi connectivity index (χ4v) is 4.23. The van der Waals surface area contributed by atoms with Crippen molar-refractivity contribution in [1.82, 2.24) is 10.4 Å². The smallest absolute Gasteiger partial charge is 0.311 e. The Labute approximate surface area is 215 Å². The number of carbonyl (C=O) groups is 4. The molecule has 3 aromatic carbocycles. The fourth-order valence-electron chi connectivity index (χ4n) is 4.23. The van der Waals surface area contributed by atoms with Gasteiger partial charge in [-0.05, 0) is 48.2 Å². The SMILES string of the molecule is Cc1ccc(NC(=O)COC(=O)[C@H]2CC(=O)N(NC(=O)C(c3ccccc3)c3ccccc3)C2)cc1C. The van der Waals surface area contributed by atoms with Crippen LogP contribution in [0.4, 0.5) is 5.69 Å². The van der Waals surface area contributed by atoms with Gasteiger partial charge in [0, 0.05) is 12.1 Å². The zero-order valence-electron chi connectivity index (χ0n) is 20.8. The average molecular weight is 500 g/mol. The second-order valence-electron chi connectivity index (χ2n) is 9.09. The number of anilines is 1. The Morgan fingerprint density at radius 1 is 0.919 bits per heavy atom. The van der Waals surface area contributed by atoms with Gasteiger partial charge in [-0.25, -0.2) is 0 Å². The highest BCUT2D eigenvalue weighted by Crippen LogP contribution is 2.26. The molecule has 1 saturated heterocycles. The molecule has 0 radical (unpaired) electrons. The maximum absolute atomic E-state index is 13.3. The summed E-state index contributed by atoms with van der Waals surface area (Å²) in [5, 5.41) is 3.85. The zero-order valence-corrected chi connectivity index (χ0v) is 20.8. The highest BCUT2D eigenvalue weighted by molar-refractivity contribution is 5.94. The molecule has 0 spiro atoms. The number of esters is 1. The van der Waals surface area contributed by atoms with E-state index in [1.54, 1.807) is 6.07 Å². The van der Waals surface area contributed by atoms with Gasteiger partial charge >= 0.3 is 5.97 Å². The van der Waals surface area contributed by atoms with Crippen molar-refractivity contribution in [2.45, 2.75) is 26.2 Å². The van der Waals surface area contributed by atoms with Gasteiger partial charge in [-0.1, -0.05) is 66.7 Å². The Bertz CT molecular complexity index is 1250. The number of benzene rings is 3. The molecule has 1 fully saturated rings. The summed E-state index contributed by atoms with van der Waals surface area (Å²) in [5.41, 5.74) is 6.98. The van der Waals surface area contributed by atoms with Crippen LogP contribution in [0.2, 0.25) is 0 Å². The van der Waals surface area contributed by atoms with Gasteiger partial charge in [0.25, 0.3) is 11.8 Å². The molecule has 4 rings (SSSR count). The van der Waals surface area contributed by atoms with Crippen LogP contribution in [-0.4, -0.2) is 41.9 Å². The third-order valence-electron chi connectivity index (χ3n) is 6.37. The van der Waals surface area contributed by atoms with E-state index in [9.17, 15) is 19.2 Å². The number of aryl methyl sites for hydroxylation is 2. The zero-order chi connectivity index (χ0) is 26.4. The first-order valence-electron chi connectivity index (χ1n) is 12.1. The summed E-state index contributed by atoms with van der Waals surface area (Å²) in [5.74, 6) is -3.32. The second-order valence-corrected chi connectivity index (χ2v) is 9.09. The number of carbonyl (C=O) groups excluding carboxylic acids is 4. The number of hydrogen-bond acceptors (Lipinski definition) is 5. The van der Waals surface area contributed by atoms with Crippen LogP contribution in [0.15, 0.2) is 78.9 Å². The second kappa shape index (κ2) is 11.5. The number of hydrazine groups is 1. The van der Waals surface area contributed by atoms with Crippen LogP contribution >= 0.6 is 0 Å². The topological polar surface area (TPSA) is 105 Å². The Morgan fingerprint density at radius 3 is 2.14 bits per heavy atom. The molecule has 1 heterocycles. The third-order valence-corrected chi connectivity index (χ3v) is 6.37. The van der Waals surface area contributed by atoms with Crippen molar-refractivity contribution in [2.24, 2.45) is 5.92 Å². The van der Waals surface area contributed by atoms with E-state index < -0.39 is 36.2 Å².